The molecule has 0 heterocycles. The molecule has 0 aromatic carbocycles. The van der Waals surface area contributed by atoms with Crippen molar-refractivity contribution in [1.82, 2.24) is 0 Å². The quantitative estimate of drug-likeness (QED) is 0.0591. The zero-order valence-corrected chi connectivity index (χ0v) is 29.0. The van der Waals surface area contributed by atoms with E-state index in [1.807, 2.05) is 0 Å². The van der Waals surface area contributed by atoms with Crippen LogP contribution in [-0.4, -0.2) is 40.2 Å². The molecule has 0 atom stereocenters. The average Bonchev–Trinajstić information content (AvgIpc) is 2.92. The fourth-order valence-electron chi connectivity index (χ4n) is 6.28. The molecule has 0 fully saturated rings. The molecule has 0 bridgehead atoms. The van der Waals surface area contributed by atoms with Crippen molar-refractivity contribution in [3.05, 3.63) is 0 Å². The summed E-state index contributed by atoms with van der Waals surface area (Å²) >= 11 is 0. The van der Waals surface area contributed by atoms with Crippen LogP contribution in [-0.2, 0) is 18.6 Å². The van der Waals surface area contributed by atoms with E-state index in [2.05, 4.69) is 27.7 Å². The van der Waals surface area contributed by atoms with Gasteiger partial charge in [0.15, 0.2) is 0 Å². The van der Waals surface area contributed by atoms with Gasteiger partial charge in [-0.15, -0.1) is 0 Å². The van der Waals surface area contributed by atoms with Crippen LogP contribution in [0.3, 0.4) is 0 Å². The Kier molecular flexibility index (Phi) is 25.0. The van der Waals surface area contributed by atoms with E-state index < -0.39 is 17.2 Å². The molecule has 0 unspecified atom stereocenters. The molecule has 0 aromatic rings. The summed E-state index contributed by atoms with van der Waals surface area (Å²) in [4.78, 5) is 0. The summed E-state index contributed by atoms with van der Waals surface area (Å²) in [6.45, 7) is 6.04. The van der Waals surface area contributed by atoms with Crippen LogP contribution in [0.1, 0.15) is 182 Å². The second kappa shape index (κ2) is 24.9. The Balaban J connectivity index is 5.40. The van der Waals surface area contributed by atoms with Crippen molar-refractivity contribution in [2.75, 3.05) is 31.8 Å². The number of hydrogen-bond acceptors (Lipinski definition) is 4. The molecule has 0 aromatic heterocycles. The van der Waals surface area contributed by atoms with E-state index in [-0.39, 0.29) is 0 Å². The fraction of sp³-hybridized carbons (Fsp3) is 1.00. The van der Waals surface area contributed by atoms with E-state index >= 15 is 0 Å². The molecule has 0 radical (unpaired) electrons. The number of hydrogen-bond donors (Lipinski definition) is 0. The van der Waals surface area contributed by atoms with E-state index in [0.29, 0.717) is 0 Å². The minimum absolute atomic E-state index is 0.963. The van der Waals surface area contributed by atoms with Crippen LogP contribution in [0.2, 0.25) is 0 Å². The molecule has 0 N–H and O–H groups in total. The molecule has 0 amide bonds. The van der Waals surface area contributed by atoms with Gasteiger partial charge in [-0.1, -0.05) is 13.3 Å². The van der Waals surface area contributed by atoms with Crippen LogP contribution in [0.5, 0.6) is 0 Å². The van der Waals surface area contributed by atoms with Gasteiger partial charge in [0.2, 0.25) is 0 Å². The molecule has 0 spiro atoms. The molecule has 0 saturated carbocycles. The minimum atomic E-state index is -3.97. The predicted molar refractivity (Wildman–Crippen MR) is 177 cm³/mol. The number of rotatable bonds is 31. The Hall–Kier alpha value is 0.300. The maximum absolute atomic E-state index is 13.0. The maximum atomic E-state index is 13.0. The van der Waals surface area contributed by atoms with Crippen molar-refractivity contribution in [1.29, 1.82) is 0 Å². The second-order valence-corrected chi connectivity index (χ2v) is 19.7. The van der Waals surface area contributed by atoms with Crippen molar-refractivity contribution in [2.24, 2.45) is 0 Å². The molecule has 0 aliphatic rings. The Morgan fingerprint density at radius 3 is 0.897 bits per heavy atom. The first-order valence-corrected chi connectivity index (χ1v) is 21.6. The predicted octanol–water partition coefficient (Wildman–Crippen LogP) is 11.8. The molecule has 4 nitrogen and oxygen atoms in total. The van der Waals surface area contributed by atoms with Crippen molar-refractivity contribution in [3.8, 4) is 0 Å². The zero-order valence-electron chi connectivity index (χ0n) is 27.3. The Labute approximate surface area is 246 Å². The van der Waals surface area contributed by atoms with Crippen LogP contribution in [0.25, 0.3) is 0 Å². The Bertz CT molecular complexity index is 604. The van der Waals surface area contributed by atoms with E-state index in [1.54, 1.807) is 0 Å². The van der Waals surface area contributed by atoms with Gasteiger partial charge in [0.05, 0.1) is 0 Å². The van der Waals surface area contributed by atoms with Gasteiger partial charge >= 0.3 is 234 Å². The van der Waals surface area contributed by atoms with Crippen molar-refractivity contribution < 1.29 is 16.6 Å². The Morgan fingerprint density at radius 2 is 0.641 bits per heavy atom. The van der Waals surface area contributed by atoms with E-state index in [4.69, 9.17) is 8.15 Å². The van der Waals surface area contributed by atoms with E-state index in [9.17, 15) is 8.42 Å². The fourth-order valence-corrected chi connectivity index (χ4v) is 15.2. The van der Waals surface area contributed by atoms with Gasteiger partial charge in [-0.05, 0) is 0 Å². The summed E-state index contributed by atoms with van der Waals surface area (Å²) in [5.41, 5.74) is 0. The normalized spacial score (nSPS) is 13.5. The van der Waals surface area contributed by atoms with Gasteiger partial charge < -0.3 is 0 Å². The third-order valence-electron chi connectivity index (χ3n) is 8.82. The molecule has 0 saturated heterocycles. The van der Waals surface area contributed by atoms with Gasteiger partial charge in [-0.2, -0.15) is 0 Å². The average molecular weight is 595 g/mol. The van der Waals surface area contributed by atoms with Gasteiger partial charge in [0, 0.05) is 0 Å². The molecule has 39 heavy (non-hydrogen) atoms. The third-order valence-corrected chi connectivity index (χ3v) is 17.4. The second-order valence-electron chi connectivity index (χ2n) is 12.5. The van der Waals surface area contributed by atoms with Gasteiger partial charge in [0.1, 0.15) is 0 Å². The Morgan fingerprint density at radius 1 is 0.410 bits per heavy atom. The first kappa shape index (κ1) is 39.3. The monoisotopic (exact) mass is 594 g/mol. The van der Waals surface area contributed by atoms with Crippen LogP contribution < -0.4 is 0 Å². The summed E-state index contributed by atoms with van der Waals surface area (Å²) in [5, 5.41) is 0. The zero-order chi connectivity index (χ0) is 29.2. The topological polar surface area (TPSA) is 52.6 Å². The van der Waals surface area contributed by atoms with Crippen molar-refractivity contribution in [3.63, 3.8) is 0 Å². The standard InChI is InChI=1S/C33H71O4PS/c1-6-10-14-18-19-20-21-22-23-24-25-29-33-38(30-26-15-11-7-2,31-27-16-12-8-3,32-28-17-13-9-4)37-39(34,35)36-5/h6-33H2,1-5H3. The van der Waals surface area contributed by atoms with Crippen molar-refractivity contribution >= 4 is 17.2 Å². The SMILES string of the molecule is CCCCCCCCCCCCCCP(CCCCCC)(CCCCCC)(CCCCCC)OS(=O)(=O)OC. The molecular formula is C33H71O4PS. The molecule has 6 heteroatoms. The van der Waals surface area contributed by atoms with Crippen LogP contribution in [0.15, 0.2) is 0 Å². The van der Waals surface area contributed by atoms with Crippen LogP contribution in [0.4, 0.5) is 0 Å². The summed E-state index contributed by atoms with van der Waals surface area (Å²) in [5.74, 6) is 0. The first-order valence-electron chi connectivity index (χ1n) is 17.4. The van der Waals surface area contributed by atoms with Crippen LogP contribution >= 0.6 is 6.83 Å². The van der Waals surface area contributed by atoms with E-state index in [1.165, 1.54) is 136 Å². The van der Waals surface area contributed by atoms with Gasteiger partial charge in [-0.3, -0.25) is 0 Å². The van der Waals surface area contributed by atoms with Crippen molar-refractivity contribution in [2.45, 2.75) is 182 Å². The van der Waals surface area contributed by atoms with Gasteiger partial charge in [0.25, 0.3) is 0 Å². The first-order chi connectivity index (χ1) is 18.8. The molecule has 0 aliphatic heterocycles. The molecular weight excluding hydrogens is 523 g/mol. The molecule has 0 aliphatic carbocycles. The van der Waals surface area contributed by atoms with Crippen LogP contribution in [0, 0.1) is 0 Å². The molecule has 238 valence electrons. The van der Waals surface area contributed by atoms with E-state index in [0.717, 1.165) is 50.3 Å². The summed E-state index contributed by atoms with van der Waals surface area (Å²) in [7, 11) is -2.70. The summed E-state index contributed by atoms with van der Waals surface area (Å²) in [6, 6.07) is 0. The third kappa shape index (κ3) is 19.9. The molecule has 0 rings (SSSR count). The number of unbranched alkanes of at least 4 members (excludes halogenated alkanes) is 20. The van der Waals surface area contributed by atoms with Gasteiger partial charge in [-0.25, -0.2) is 0 Å². The summed E-state index contributed by atoms with van der Waals surface area (Å²) < 4.78 is 37.5. The summed E-state index contributed by atoms with van der Waals surface area (Å²) in [6.07, 6.45) is 33.8.